The van der Waals surface area contributed by atoms with E-state index in [2.05, 4.69) is 10.6 Å². The van der Waals surface area contributed by atoms with Gasteiger partial charge in [0.1, 0.15) is 5.54 Å². The summed E-state index contributed by atoms with van der Waals surface area (Å²) in [6.45, 7) is 4.33. The first-order valence-corrected chi connectivity index (χ1v) is 6.23. The Labute approximate surface area is 102 Å². The summed E-state index contributed by atoms with van der Waals surface area (Å²) in [7, 11) is 0. The van der Waals surface area contributed by atoms with Gasteiger partial charge >= 0.3 is 5.97 Å². The lowest BCUT2D eigenvalue weighted by Gasteiger charge is -2.25. The van der Waals surface area contributed by atoms with Crippen LogP contribution in [0.2, 0.25) is 0 Å². The summed E-state index contributed by atoms with van der Waals surface area (Å²) in [5.74, 6) is -0.393. The van der Waals surface area contributed by atoms with Crippen LogP contribution >= 0.6 is 0 Å². The van der Waals surface area contributed by atoms with E-state index in [0.717, 1.165) is 13.0 Å². The lowest BCUT2D eigenvalue weighted by Crippen LogP contribution is -2.52. The van der Waals surface area contributed by atoms with Crippen molar-refractivity contribution in [1.82, 2.24) is 10.6 Å². The predicted octanol–water partition coefficient (Wildman–Crippen LogP) is 0.746. The third-order valence-corrected chi connectivity index (χ3v) is 3.15. The van der Waals surface area contributed by atoms with E-state index in [9.17, 15) is 9.59 Å². The molecule has 1 unspecified atom stereocenters. The molecular weight excluding hydrogens is 220 g/mol. The standard InChI is InChI=1S/C12H22N2O3/c1-3-6-12(2,11(16)17)14-8-10(15)13-7-9-4-5-9/h9,14H,3-8H2,1-2H3,(H,13,15)(H,16,17). The second kappa shape index (κ2) is 6.00. The normalized spacial score (nSPS) is 18.5. The molecule has 1 rings (SSSR count). The minimum atomic E-state index is -1.01. The van der Waals surface area contributed by atoms with Crippen molar-refractivity contribution in [2.24, 2.45) is 5.92 Å². The molecule has 0 spiro atoms. The maximum Gasteiger partial charge on any atom is 0.323 e. The van der Waals surface area contributed by atoms with E-state index in [0.29, 0.717) is 12.3 Å². The first-order valence-electron chi connectivity index (χ1n) is 6.23. The van der Waals surface area contributed by atoms with E-state index in [-0.39, 0.29) is 12.5 Å². The van der Waals surface area contributed by atoms with Gasteiger partial charge in [-0.15, -0.1) is 0 Å². The lowest BCUT2D eigenvalue weighted by atomic mass is 9.96. The minimum Gasteiger partial charge on any atom is -0.480 e. The fourth-order valence-electron chi connectivity index (χ4n) is 1.69. The van der Waals surface area contributed by atoms with Gasteiger partial charge in [-0.2, -0.15) is 0 Å². The van der Waals surface area contributed by atoms with Crippen molar-refractivity contribution >= 4 is 11.9 Å². The van der Waals surface area contributed by atoms with Crippen molar-refractivity contribution in [3.05, 3.63) is 0 Å². The Balaban J connectivity index is 2.29. The molecule has 1 aliphatic carbocycles. The molecule has 0 radical (unpaired) electrons. The van der Waals surface area contributed by atoms with Gasteiger partial charge in [-0.25, -0.2) is 0 Å². The van der Waals surface area contributed by atoms with Crippen LogP contribution in [-0.4, -0.2) is 35.6 Å². The Bertz CT molecular complexity index is 289. The summed E-state index contributed by atoms with van der Waals surface area (Å²) < 4.78 is 0. The summed E-state index contributed by atoms with van der Waals surface area (Å²) in [6, 6.07) is 0. The number of carboxylic acid groups (broad SMARTS) is 1. The number of hydrogen-bond donors (Lipinski definition) is 3. The Hall–Kier alpha value is -1.10. The Kier molecular flexibility index (Phi) is 4.93. The van der Waals surface area contributed by atoms with Gasteiger partial charge in [0, 0.05) is 6.54 Å². The molecule has 0 heterocycles. The fourth-order valence-corrected chi connectivity index (χ4v) is 1.69. The summed E-state index contributed by atoms with van der Waals surface area (Å²) in [6.07, 6.45) is 3.66. The molecule has 5 nitrogen and oxygen atoms in total. The number of nitrogens with one attached hydrogen (secondary N) is 2. The summed E-state index contributed by atoms with van der Waals surface area (Å²) in [4.78, 5) is 22.6. The minimum absolute atomic E-state index is 0.0650. The van der Waals surface area contributed by atoms with Crippen LogP contribution in [0, 0.1) is 5.92 Å². The van der Waals surface area contributed by atoms with E-state index >= 15 is 0 Å². The van der Waals surface area contributed by atoms with Crippen LogP contribution in [0.25, 0.3) is 0 Å². The molecule has 0 aliphatic heterocycles. The first kappa shape index (κ1) is 14.0. The molecule has 5 heteroatoms. The van der Waals surface area contributed by atoms with E-state index in [1.54, 1.807) is 6.92 Å². The first-order chi connectivity index (χ1) is 7.98. The summed E-state index contributed by atoms with van der Waals surface area (Å²) in [5, 5.41) is 14.7. The van der Waals surface area contributed by atoms with Crippen LogP contribution in [0.4, 0.5) is 0 Å². The van der Waals surface area contributed by atoms with Crippen LogP contribution in [0.5, 0.6) is 0 Å². The van der Waals surface area contributed by atoms with E-state index in [1.807, 2.05) is 6.92 Å². The Morgan fingerprint density at radius 2 is 2.06 bits per heavy atom. The second-order valence-corrected chi connectivity index (χ2v) is 4.99. The maximum absolute atomic E-state index is 11.5. The van der Waals surface area contributed by atoms with Crippen molar-refractivity contribution in [3.8, 4) is 0 Å². The average Bonchev–Trinajstić information content (AvgIpc) is 3.07. The molecule has 1 aliphatic rings. The largest absolute Gasteiger partial charge is 0.480 e. The van der Waals surface area contributed by atoms with E-state index < -0.39 is 11.5 Å². The van der Waals surface area contributed by atoms with Gasteiger partial charge in [0.2, 0.25) is 5.91 Å². The van der Waals surface area contributed by atoms with Gasteiger partial charge in [0.25, 0.3) is 0 Å². The number of carbonyl (C=O) groups excluding carboxylic acids is 1. The van der Waals surface area contributed by atoms with E-state index in [4.69, 9.17) is 5.11 Å². The Morgan fingerprint density at radius 3 is 2.53 bits per heavy atom. The van der Waals surface area contributed by atoms with Crippen molar-refractivity contribution in [2.75, 3.05) is 13.1 Å². The molecule has 0 saturated heterocycles. The molecule has 1 atom stereocenters. The Morgan fingerprint density at radius 1 is 1.41 bits per heavy atom. The van der Waals surface area contributed by atoms with Gasteiger partial charge in [-0.1, -0.05) is 13.3 Å². The van der Waals surface area contributed by atoms with Crippen molar-refractivity contribution in [2.45, 2.75) is 45.1 Å². The SMILES string of the molecule is CCCC(C)(NCC(=O)NCC1CC1)C(=O)O. The third kappa shape index (κ3) is 4.73. The van der Waals surface area contributed by atoms with Gasteiger partial charge in [0.05, 0.1) is 6.54 Å². The van der Waals surface area contributed by atoms with E-state index in [1.165, 1.54) is 12.8 Å². The topological polar surface area (TPSA) is 78.4 Å². The average molecular weight is 242 g/mol. The quantitative estimate of drug-likeness (QED) is 0.587. The molecule has 1 saturated carbocycles. The number of carboxylic acids is 1. The lowest BCUT2D eigenvalue weighted by molar-refractivity contribution is -0.144. The predicted molar refractivity (Wildman–Crippen MR) is 64.7 cm³/mol. The maximum atomic E-state index is 11.5. The molecular formula is C12H22N2O3. The molecule has 0 aromatic carbocycles. The van der Waals surface area contributed by atoms with Crippen LogP contribution in [0.1, 0.15) is 39.5 Å². The van der Waals surface area contributed by atoms with Crippen LogP contribution in [-0.2, 0) is 9.59 Å². The smallest absolute Gasteiger partial charge is 0.323 e. The molecule has 98 valence electrons. The van der Waals surface area contributed by atoms with Gasteiger partial charge in [-0.05, 0) is 32.1 Å². The number of rotatable bonds is 8. The van der Waals surface area contributed by atoms with Crippen LogP contribution in [0.15, 0.2) is 0 Å². The number of aliphatic carboxylic acids is 1. The summed E-state index contributed by atoms with van der Waals surface area (Å²) in [5.41, 5.74) is -1.01. The molecule has 0 bridgehead atoms. The third-order valence-electron chi connectivity index (χ3n) is 3.15. The fraction of sp³-hybridized carbons (Fsp3) is 0.833. The number of hydrogen-bond acceptors (Lipinski definition) is 3. The highest BCUT2D eigenvalue weighted by atomic mass is 16.4. The molecule has 3 N–H and O–H groups in total. The molecule has 17 heavy (non-hydrogen) atoms. The van der Waals surface area contributed by atoms with Crippen LogP contribution < -0.4 is 10.6 Å². The van der Waals surface area contributed by atoms with Gasteiger partial charge in [-0.3, -0.25) is 14.9 Å². The molecule has 1 fully saturated rings. The monoisotopic (exact) mass is 242 g/mol. The summed E-state index contributed by atoms with van der Waals surface area (Å²) >= 11 is 0. The van der Waals surface area contributed by atoms with Crippen molar-refractivity contribution < 1.29 is 14.7 Å². The number of carbonyl (C=O) groups is 2. The zero-order valence-electron chi connectivity index (χ0n) is 10.6. The van der Waals surface area contributed by atoms with Crippen molar-refractivity contribution in [3.63, 3.8) is 0 Å². The highest BCUT2D eigenvalue weighted by Crippen LogP contribution is 2.27. The molecule has 0 aromatic heterocycles. The highest BCUT2D eigenvalue weighted by molar-refractivity contribution is 5.81. The second-order valence-electron chi connectivity index (χ2n) is 4.99. The van der Waals surface area contributed by atoms with Gasteiger partial charge < -0.3 is 10.4 Å². The molecule has 1 amide bonds. The molecule has 0 aromatic rings. The number of amides is 1. The highest BCUT2D eigenvalue weighted by Gasteiger charge is 2.32. The van der Waals surface area contributed by atoms with Crippen molar-refractivity contribution in [1.29, 1.82) is 0 Å². The zero-order chi connectivity index (χ0) is 12.9. The zero-order valence-corrected chi connectivity index (χ0v) is 10.6. The van der Waals surface area contributed by atoms with Gasteiger partial charge in [0.15, 0.2) is 0 Å². The van der Waals surface area contributed by atoms with Crippen LogP contribution in [0.3, 0.4) is 0 Å².